The lowest BCUT2D eigenvalue weighted by molar-refractivity contribution is 0.162. The zero-order valence-electron chi connectivity index (χ0n) is 11.1. The van der Waals surface area contributed by atoms with E-state index in [1.54, 1.807) is 4.90 Å². The Balaban J connectivity index is 2.94. The highest BCUT2D eigenvalue weighted by atomic mass is 35.5. The fraction of sp³-hybridized carbons (Fsp3) is 0.462. The molecule has 0 heterocycles. The summed E-state index contributed by atoms with van der Waals surface area (Å²) in [6.07, 6.45) is 0. The van der Waals surface area contributed by atoms with Gasteiger partial charge in [0, 0.05) is 12.1 Å². The molecule has 100 valence electrons. The van der Waals surface area contributed by atoms with Gasteiger partial charge in [0.25, 0.3) is 0 Å². The molecule has 18 heavy (non-hydrogen) atoms. The van der Waals surface area contributed by atoms with Gasteiger partial charge in [0.15, 0.2) is 0 Å². The lowest BCUT2D eigenvalue weighted by Crippen LogP contribution is -2.47. The van der Waals surface area contributed by atoms with Crippen LogP contribution in [-0.2, 0) is 0 Å². The van der Waals surface area contributed by atoms with Crippen molar-refractivity contribution in [2.45, 2.75) is 33.2 Å². The van der Waals surface area contributed by atoms with Crippen molar-refractivity contribution in [2.24, 2.45) is 0 Å². The molecular formula is C13H18ClFN2O. The summed E-state index contributed by atoms with van der Waals surface area (Å²) in [5.41, 5.74) is -0.316. The van der Waals surface area contributed by atoms with Gasteiger partial charge in [-0.25, -0.2) is 9.18 Å². The minimum absolute atomic E-state index is 0.0202. The maximum atomic E-state index is 13.6. The summed E-state index contributed by atoms with van der Waals surface area (Å²) in [5, 5.41) is 2.70. The van der Waals surface area contributed by atoms with Crippen molar-refractivity contribution in [3.05, 3.63) is 29.0 Å². The molecule has 1 aromatic rings. The second-order valence-electron chi connectivity index (χ2n) is 4.94. The smallest absolute Gasteiger partial charge is 0.320 e. The van der Waals surface area contributed by atoms with Crippen molar-refractivity contribution in [1.29, 1.82) is 0 Å². The highest BCUT2D eigenvalue weighted by Crippen LogP contribution is 2.25. The van der Waals surface area contributed by atoms with Crippen LogP contribution in [0.25, 0.3) is 0 Å². The van der Waals surface area contributed by atoms with Crippen LogP contribution >= 0.6 is 11.6 Å². The summed E-state index contributed by atoms with van der Waals surface area (Å²) >= 11 is 5.86. The minimum atomic E-state index is -0.541. The molecule has 1 rings (SSSR count). The second kappa shape index (κ2) is 5.57. The molecule has 0 atom stereocenters. The summed E-state index contributed by atoms with van der Waals surface area (Å²) in [6.45, 7) is 8.15. The van der Waals surface area contributed by atoms with Crippen molar-refractivity contribution in [1.82, 2.24) is 4.90 Å². The Morgan fingerprint density at radius 3 is 2.50 bits per heavy atom. The number of para-hydroxylation sites is 1. The molecule has 1 aromatic carbocycles. The normalized spacial score (nSPS) is 11.2. The van der Waals surface area contributed by atoms with E-state index in [9.17, 15) is 9.18 Å². The molecule has 0 saturated heterocycles. The van der Waals surface area contributed by atoms with E-state index in [0.717, 1.165) is 0 Å². The number of hydrogen-bond acceptors (Lipinski definition) is 1. The van der Waals surface area contributed by atoms with Crippen LogP contribution in [0.4, 0.5) is 14.9 Å². The largest absolute Gasteiger partial charge is 0.322 e. The van der Waals surface area contributed by atoms with E-state index in [1.165, 1.54) is 18.2 Å². The number of benzene rings is 1. The highest BCUT2D eigenvalue weighted by Gasteiger charge is 2.25. The van der Waals surface area contributed by atoms with Gasteiger partial charge in [-0.05, 0) is 39.8 Å². The maximum absolute atomic E-state index is 13.6. The lowest BCUT2D eigenvalue weighted by Gasteiger charge is -2.34. The standard InChI is InChI=1S/C13H18ClFN2O/c1-5-17(13(2,3)4)12(18)16-11-9(14)7-6-8-10(11)15/h6-8H,5H2,1-4H3,(H,16,18). The van der Waals surface area contributed by atoms with Crippen molar-refractivity contribution in [3.63, 3.8) is 0 Å². The van der Waals surface area contributed by atoms with Crippen LogP contribution in [0.15, 0.2) is 18.2 Å². The van der Waals surface area contributed by atoms with Crippen LogP contribution in [0.5, 0.6) is 0 Å². The third-order valence-electron chi connectivity index (χ3n) is 2.57. The number of amides is 2. The molecule has 1 N–H and O–H groups in total. The van der Waals surface area contributed by atoms with Crippen molar-refractivity contribution in [2.75, 3.05) is 11.9 Å². The molecule has 0 fully saturated rings. The summed E-state index contributed by atoms with van der Waals surface area (Å²) in [4.78, 5) is 13.7. The van der Waals surface area contributed by atoms with E-state index in [1.807, 2.05) is 27.7 Å². The van der Waals surface area contributed by atoms with Gasteiger partial charge in [-0.15, -0.1) is 0 Å². The number of nitrogens with zero attached hydrogens (tertiary/aromatic N) is 1. The Bertz CT molecular complexity index is 423. The van der Waals surface area contributed by atoms with Gasteiger partial charge < -0.3 is 10.2 Å². The molecule has 0 aliphatic carbocycles. The van der Waals surface area contributed by atoms with Crippen molar-refractivity contribution < 1.29 is 9.18 Å². The third kappa shape index (κ3) is 3.35. The van der Waals surface area contributed by atoms with Gasteiger partial charge in [0.05, 0.1) is 10.7 Å². The fourth-order valence-electron chi connectivity index (χ4n) is 1.71. The number of anilines is 1. The highest BCUT2D eigenvalue weighted by molar-refractivity contribution is 6.33. The Labute approximate surface area is 112 Å². The Morgan fingerprint density at radius 2 is 2.06 bits per heavy atom. The number of halogens is 2. The van der Waals surface area contributed by atoms with E-state index in [-0.39, 0.29) is 22.3 Å². The Hall–Kier alpha value is -1.29. The van der Waals surface area contributed by atoms with E-state index in [4.69, 9.17) is 11.6 Å². The number of nitrogens with one attached hydrogen (secondary N) is 1. The monoisotopic (exact) mass is 272 g/mol. The summed E-state index contributed by atoms with van der Waals surface area (Å²) in [7, 11) is 0. The van der Waals surface area contributed by atoms with Crippen LogP contribution in [-0.4, -0.2) is 23.0 Å². The van der Waals surface area contributed by atoms with E-state index in [0.29, 0.717) is 6.54 Å². The molecule has 2 amide bonds. The van der Waals surface area contributed by atoms with Crippen molar-refractivity contribution in [3.8, 4) is 0 Å². The molecular weight excluding hydrogens is 255 g/mol. The summed E-state index contributed by atoms with van der Waals surface area (Å²) < 4.78 is 13.6. The maximum Gasteiger partial charge on any atom is 0.322 e. The molecule has 0 aliphatic rings. The first-order chi connectivity index (χ1) is 8.27. The first kappa shape index (κ1) is 14.8. The van der Waals surface area contributed by atoms with Crippen LogP contribution in [0, 0.1) is 5.82 Å². The van der Waals surface area contributed by atoms with E-state index in [2.05, 4.69) is 5.32 Å². The fourth-order valence-corrected chi connectivity index (χ4v) is 1.92. The first-order valence-electron chi connectivity index (χ1n) is 5.80. The number of hydrogen-bond donors (Lipinski definition) is 1. The zero-order valence-corrected chi connectivity index (χ0v) is 11.8. The third-order valence-corrected chi connectivity index (χ3v) is 2.88. The Morgan fingerprint density at radius 1 is 1.44 bits per heavy atom. The van der Waals surface area contributed by atoms with Gasteiger partial charge in [0.2, 0.25) is 0 Å². The first-order valence-corrected chi connectivity index (χ1v) is 6.17. The molecule has 0 unspecified atom stereocenters. The number of rotatable bonds is 2. The molecule has 0 saturated carbocycles. The topological polar surface area (TPSA) is 32.3 Å². The van der Waals surface area contributed by atoms with Crippen LogP contribution in [0.1, 0.15) is 27.7 Å². The summed E-state index contributed by atoms with van der Waals surface area (Å²) in [6, 6.07) is 3.92. The lowest BCUT2D eigenvalue weighted by atomic mass is 10.1. The molecule has 0 aliphatic heterocycles. The number of carbonyl (C=O) groups is 1. The van der Waals surface area contributed by atoms with Gasteiger partial charge >= 0.3 is 6.03 Å². The molecule has 0 spiro atoms. The quantitative estimate of drug-likeness (QED) is 0.862. The number of urea groups is 1. The molecule has 3 nitrogen and oxygen atoms in total. The zero-order chi connectivity index (χ0) is 13.9. The van der Waals surface area contributed by atoms with Gasteiger partial charge in [-0.3, -0.25) is 0 Å². The van der Waals surface area contributed by atoms with Gasteiger partial charge in [-0.2, -0.15) is 0 Å². The van der Waals surface area contributed by atoms with Crippen LogP contribution in [0.2, 0.25) is 5.02 Å². The second-order valence-corrected chi connectivity index (χ2v) is 5.35. The molecule has 0 bridgehead atoms. The average molecular weight is 273 g/mol. The van der Waals surface area contributed by atoms with Crippen LogP contribution in [0.3, 0.4) is 0 Å². The minimum Gasteiger partial charge on any atom is -0.320 e. The predicted octanol–water partition coefficient (Wildman–Crippen LogP) is 4.13. The van der Waals surface area contributed by atoms with Gasteiger partial charge in [0.1, 0.15) is 5.82 Å². The molecule has 0 aromatic heterocycles. The SMILES string of the molecule is CCN(C(=O)Nc1c(F)cccc1Cl)C(C)(C)C. The van der Waals surface area contributed by atoms with Crippen molar-refractivity contribution >= 4 is 23.3 Å². The van der Waals surface area contributed by atoms with E-state index >= 15 is 0 Å². The molecule has 5 heteroatoms. The Kier molecular flexibility index (Phi) is 4.57. The van der Waals surface area contributed by atoms with Crippen LogP contribution < -0.4 is 5.32 Å². The van der Waals surface area contributed by atoms with Gasteiger partial charge in [-0.1, -0.05) is 17.7 Å². The average Bonchev–Trinajstić information content (AvgIpc) is 2.22. The predicted molar refractivity (Wildman–Crippen MR) is 72.6 cm³/mol. The molecule has 0 radical (unpaired) electrons. The summed E-state index contributed by atoms with van der Waals surface area (Å²) in [5.74, 6) is -0.541. The van der Waals surface area contributed by atoms with E-state index < -0.39 is 5.82 Å². The number of carbonyl (C=O) groups excluding carboxylic acids is 1.